The highest BCUT2D eigenvalue weighted by Gasteiger charge is 2.11. The third kappa shape index (κ3) is 4.54. The standard InChI is InChI=1S/C14H12BrFN2O3S/c1-22(20,21)18-11-5-3-10(4-6-11)17-14(19)12-7-2-9(16)8-13(12)15/h2-8,18H,1H3,(H,17,19). The lowest BCUT2D eigenvalue weighted by atomic mass is 10.2. The Morgan fingerprint density at radius 1 is 1.09 bits per heavy atom. The van der Waals surface area contributed by atoms with Crippen molar-refractivity contribution in [3.8, 4) is 0 Å². The lowest BCUT2D eigenvalue weighted by molar-refractivity contribution is 0.102. The van der Waals surface area contributed by atoms with Crippen molar-refractivity contribution in [2.45, 2.75) is 0 Å². The Kier molecular flexibility index (Phi) is 4.82. The average Bonchev–Trinajstić information content (AvgIpc) is 2.39. The molecule has 0 aliphatic carbocycles. The Bertz CT molecular complexity index is 807. The van der Waals surface area contributed by atoms with Crippen LogP contribution in [-0.2, 0) is 10.0 Å². The molecule has 0 fully saturated rings. The molecule has 0 saturated carbocycles. The molecule has 2 rings (SSSR count). The number of carbonyl (C=O) groups is 1. The fraction of sp³-hybridized carbons (Fsp3) is 0.0714. The van der Waals surface area contributed by atoms with Crippen molar-refractivity contribution in [1.82, 2.24) is 0 Å². The fourth-order valence-electron chi connectivity index (χ4n) is 1.71. The summed E-state index contributed by atoms with van der Waals surface area (Å²) < 4.78 is 37.9. The van der Waals surface area contributed by atoms with Crippen LogP contribution >= 0.6 is 15.9 Å². The number of carbonyl (C=O) groups excluding carboxylic acids is 1. The van der Waals surface area contributed by atoms with Gasteiger partial charge in [-0.3, -0.25) is 9.52 Å². The van der Waals surface area contributed by atoms with E-state index in [4.69, 9.17) is 0 Å². The van der Waals surface area contributed by atoms with Gasteiger partial charge in [0, 0.05) is 15.8 Å². The van der Waals surface area contributed by atoms with E-state index in [0.29, 0.717) is 21.4 Å². The number of benzene rings is 2. The van der Waals surface area contributed by atoms with Crippen molar-refractivity contribution in [2.75, 3.05) is 16.3 Å². The van der Waals surface area contributed by atoms with Crippen LogP contribution in [0.3, 0.4) is 0 Å². The van der Waals surface area contributed by atoms with Gasteiger partial charge in [0.15, 0.2) is 0 Å². The van der Waals surface area contributed by atoms with E-state index in [1.54, 1.807) is 12.1 Å². The molecular weight excluding hydrogens is 375 g/mol. The molecule has 5 nitrogen and oxygen atoms in total. The molecule has 0 aromatic heterocycles. The normalized spacial score (nSPS) is 11.0. The SMILES string of the molecule is CS(=O)(=O)Nc1ccc(NC(=O)c2ccc(F)cc2Br)cc1. The van der Waals surface area contributed by atoms with Gasteiger partial charge in [-0.2, -0.15) is 0 Å². The zero-order chi connectivity index (χ0) is 16.3. The Morgan fingerprint density at radius 2 is 1.68 bits per heavy atom. The van der Waals surface area contributed by atoms with Crippen LogP contribution in [0.25, 0.3) is 0 Å². The molecule has 2 aromatic carbocycles. The lowest BCUT2D eigenvalue weighted by Crippen LogP contribution is -2.13. The molecular formula is C14H12BrFN2O3S. The predicted octanol–water partition coefficient (Wildman–Crippen LogP) is 3.21. The van der Waals surface area contributed by atoms with Gasteiger partial charge in [0.25, 0.3) is 5.91 Å². The monoisotopic (exact) mass is 386 g/mol. The minimum Gasteiger partial charge on any atom is -0.322 e. The highest BCUT2D eigenvalue weighted by atomic mass is 79.9. The first-order chi connectivity index (χ1) is 10.2. The zero-order valence-electron chi connectivity index (χ0n) is 11.4. The van der Waals surface area contributed by atoms with E-state index in [1.807, 2.05) is 0 Å². The van der Waals surface area contributed by atoms with Crippen molar-refractivity contribution < 1.29 is 17.6 Å². The molecule has 0 unspecified atom stereocenters. The number of anilines is 2. The van der Waals surface area contributed by atoms with Crippen molar-refractivity contribution in [1.29, 1.82) is 0 Å². The van der Waals surface area contributed by atoms with Crippen LogP contribution in [0.4, 0.5) is 15.8 Å². The van der Waals surface area contributed by atoms with E-state index in [9.17, 15) is 17.6 Å². The molecule has 22 heavy (non-hydrogen) atoms. The second-order valence-corrected chi connectivity index (χ2v) is 7.13. The summed E-state index contributed by atoms with van der Waals surface area (Å²) in [6.45, 7) is 0. The van der Waals surface area contributed by atoms with Crippen molar-refractivity contribution >= 4 is 43.2 Å². The summed E-state index contributed by atoms with van der Waals surface area (Å²) in [5, 5.41) is 2.64. The number of hydrogen-bond acceptors (Lipinski definition) is 3. The van der Waals surface area contributed by atoms with Crippen molar-refractivity contribution in [3.63, 3.8) is 0 Å². The van der Waals surface area contributed by atoms with Crippen LogP contribution in [0.5, 0.6) is 0 Å². The minimum absolute atomic E-state index is 0.291. The summed E-state index contributed by atoms with van der Waals surface area (Å²) in [6.07, 6.45) is 1.05. The number of nitrogens with one attached hydrogen (secondary N) is 2. The highest BCUT2D eigenvalue weighted by Crippen LogP contribution is 2.20. The van der Waals surface area contributed by atoms with Crippen molar-refractivity contribution in [2.24, 2.45) is 0 Å². The fourth-order valence-corrected chi connectivity index (χ4v) is 2.80. The zero-order valence-corrected chi connectivity index (χ0v) is 13.8. The molecule has 116 valence electrons. The van der Waals surface area contributed by atoms with E-state index >= 15 is 0 Å². The summed E-state index contributed by atoms with van der Waals surface area (Å²) in [5.41, 5.74) is 1.17. The Hall–Kier alpha value is -1.93. The number of rotatable bonds is 4. The number of halogens is 2. The van der Waals surface area contributed by atoms with Crippen LogP contribution in [-0.4, -0.2) is 20.6 Å². The van der Waals surface area contributed by atoms with Gasteiger partial charge in [-0.05, 0) is 58.4 Å². The average molecular weight is 387 g/mol. The summed E-state index contributed by atoms with van der Waals surface area (Å²) in [5.74, 6) is -0.852. The van der Waals surface area contributed by atoms with Crippen LogP contribution < -0.4 is 10.0 Å². The maximum Gasteiger partial charge on any atom is 0.256 e. The van der Waals surface area contributed by atoms with Gasteiger partial charge in [0.2, 0.25) is 10.0 Å². The lowest BCUT2D eigenvalue weighted by Gasteiger charge is -2.08. The van der Waals surface area contributed by atoms with E-state index in [-0.39, 0.29) is 0 Å². The number of hydrogen-bond donors (Lipinski definition) is 2. The predicted molar refractivity (Wildman–Crippen MR) is 87.0 cm³/mol. The van der Waals surface area contributed by atoms with Gasteiger partial charge in [-0.1, -0.05) is 0 Å². The topological polar surface area (TPSA) is 75.3 Å². The number of amides is 1. The smallest absolute Gasteiger partial charge is 0.256 e. The summed E-state index contributed by atoms with van der Waals surface area (Å²) in [4.78, 5) is 12.1. The largest absolute Gasteiger partial charge is 0.322 e. The Balaban J connectivity index is 2.12. The third-order valence-corrected chi connectivity index (χ3v) is 3.88. The van der Waals surface area contributed by atoms with Gasteiger partial charge in [-0.25, -0.2) is 12.8 Å². The van der Waals surface area contributed by atoms with Crippen LogP contribution in [0.1, 0.15) is 10.4 Å². The molecule has 0 spiro atoms. The molecule has 0 atom stereocenters. The van der Waals surface area contributed by atoms with Crippen LogP contribution in [0.15, 0.2) is 46.9 Å². The highest BCUT2D eigenvalue weighted by molar-refractivity contribution is 9.10. The maximum atomic E-state index is 13.0. The van der Waals surface area contributed by atoms with E-state index in [0.717, 1.165) is 6.26 Å². The summed E-state index contributed by atoms with van der Waals surface area (Å²) in [6, 6.07) is 9.93. The minimum atomic E-state index is -3.34. The van der Waals surface area contributed by atoms with Gasteiger partial charge in [0.1, 0.15) is 5.82 Å². The van der Waals surface area contributed by atoms with E-state index in [2.05, 4.69) is 26.0 Å². The second kappa shape index (κ2) is 6.45. The molecule has 0 aliphatic heterocycles. The van der Waals surface area contributed by atoms with E-state index < -0.39 is 21.7 Å². The molecule has 2 N–H and O–H groups in total. The second-order valence-electron chi connectivity index (χ2n) is 4.53. The first kappa shape index (κ1) is 16.4. The Labute approximate surface area is 135 Å². The molecule has 0 radical (unpaired) electrons. The van der Waals surface area contributed by atoms with Crippen LogP contribution in [0.2, 0.25) is 0 Å². The molecule has 8 heteroatoms. The molecule has 0 heterocycles. The van der Waals surface area contributed by atoms with Gasteiger partial charge in [0.05, 0.1) is 11.8 Å². The quantitative estimate of drug-likeness (QED) is 0.846. The van der Waals surface area contributed by atoms with Crippen LogP contribution in [0, 0.1) is 5.82 Å². The maximum absolute atomic E-state index is 13.0. The summed E-state index contributed by atoms with van der Waals surface area (Å²) in [7, 11) is -3.34. The molecule has 0 bridgehead atoms. The third-order valence-electron chi connectivity index (χ3n) is 2.62. The van der Waals surface area contributed by atoms with E-state index in [1.165, 1.54) is 30.3 Å². The van der Waals surface area contributed by atoms with Gasteiger partial charge < -0.3 is 5.32 Å². The van der Waals surface area contributed by atoms with Crippen molar-refractivity contribution in [3.05, 3.63) is 58.3 Å². The van der Waals surface area contributed by atoms with Gasteiger partial charge >= 0.3 is 0 Å². The molecule has 2 aromatic rings. The first-order valence-corrected chi connectivity index (χ1v) is 8.77. The summed E-state index contributed by atoms with van der Waals surface area (Å²) >= 11 is 3.13. The number of sulfonamides is 1. The molecule has 0 aliphatic rings. The molecule has 0 saturated heterocycles. The van der Waals surface area contributed by atoms with Gasteiger partial charge in [-0.15, -0.1) is 0 Å². The Morgan fingerprint density at radius 3 is 2.23 bits per heavy atom. The first-order valence-electron chi connectivity index (χ1n) is 6.09. The molecule has 1 amide bonds.